The summed E-state index contributed by atoms with van der Waals surface area (Å²) in [6.45, 7) is 0.559. The normalized spacial score (nSPS) is 17.9. The number of nitrogens with one attached hydrogen (secondary N) is 1. The summed E-state index contributed by atoms with van der Waals surface area (Å²) < 4.78 is 6.41. The molecule has 0 aromatic heterocycles. The number of nitrogens with zero attached hydrogens (tertiary/aromatic N) is 2. The van der Waals surface area contributed by atoms with Crippen molar-refractivity contribution in [3.63, 3.8) is 0 Å². The highest BCUT2D eigenvalue weighted by molar-refractivity contribution is 14.1. The van der Waals surface area contributed by atoms with E-state index in [2.05, 4.69) is 27.9 Å². The van der Waals surface area contributed by atoms with Gasteiger partial charge in [-0.1, -0.05) is 0 Å². The molecular weight excluding hydrogens is 461 g/mol. The molecule has 0 radical (unpaired) electrons. The van der Waals surface area contributed by atoms with Crippen LogP contribution in [0.2, 0.25) is 0 Å². The van der Waals surface area contributed by atoms with Gasteiger partial charge >= 0.3 is 0 Å². The molecule has 8 heteroatoms. The number of carbonyl (C=O) groups is 2. The minimum atomic E-state index is -1.65. The van der Waals surface area contributed by atoms with Gasteiger partial charge in [-0.05, 0) is 71.1 Å². The molecule has 138 valence electrons. The third kappa shape index (κ3) is 4.44. The first-order valence-electron chi connectivity index (χ1n) is 8.17. The van der Waals surface area contributed by atoms with Gasteiger partial charge in [-0.2, -0.15) is 5.26 Å². The molecule has 2 N–H and O–H groups in total. The third-order valence-electron chi connectivity index (χ3n) is 4.10. The smallest absolute Gasteiger partial charge is 0.259 e. The number of carbonyl (C=O) groups excluding carboxylic acids is 2. The summed E-state index contributed by atoms with van der Waals surface area (Å²) in [5.74, 6) is -1.22. The molecule has 0 spiro atoms. The number of nitriles is 1. The predicted molar refractivity (Wildman–Crippen MR) is 107 cm³/mol. The fourth-order valence-corrected chi connectivity index (χ4v) is 3.05. The second-order valence-electron chi connectivity index (χ2n) is 5.88. The number of hydrogen-bond acceptors (Lipinski definition) is 5. The van der Waals surface area contributed by atoms with Gasteiger partial charge in [0, 0.05) is 21.5 Å². The highest BCUT2D eigenvalue weighted by Gasteiger charge is 2.39. The van der Waals surface area contributed by atoms with E-state index in [-0.39, 0.29) is 6.61 Å². The summed E-state index contributed by atoms with van der Waals surface area (Å²) in [6, 6.07) is 15.5. The quantitative estimate of drug-likeness (QED) is 0.656. The van der Waals surface area contributed by atoms with Crippen LogP contribution in [0.5, 0.6) is 0 Å². The Kier molecular flexibility index (Phi) is 6.05. The van der Waals surface area contributed by atoms with Gasteiger partial charge in [0.25, 0.3) is 11.8 Å². The lowest BCUT2D eigenvalue weighted by molar-refractivity contribution is -0.150. The fraction of sp³-hybridized carbons (Fsp3) is 0.211. The summed E-state index contributed by atoms with van der Waals surface area (Å²) in [4.78, 5) is 26.5. The molecule has 1 heterocycles. The highest BCUT2D eigenvalue weighted by Crippen LogP contribution is 2.22. The SMILES string of the molecule is N#Cc1ccc(NC(=O)[C@H](O)[C@H]2OCCN(c3ccc(I)cc3)C2=O)cc1. The molecule has 1 saturated heterocycles. The van der Waals surface area contributed by atoms with Gasteiger partial charge in [0.2, 0.25) is 0 Å². The van der Waals surface area contributed by atoms with Gasteiger partial charge in [-0.25, -0.2) is 0 Å². The first-order valence-corrected chi connectivity index (χ1v) is 9.25. The van der Waals surface area contributed by atoms with Crippen LogP contribution >= 0.6 is 22.6 Å². The van der Waals surface area contributed by atoms with Gasteiger partial charge in [0.05, 0.1) is 18.2 Å². The van der Waals surface area contributed by atoms with E-state index in [0.717, 1.165) is 3.57 Å². The van der Waals surface area contributed by atoms with Crippen molar-refractivity contribution >= 4 is 45.8 Å². The molecular formula is C19H16IN3O4. The Hall–Kier alpha value is -2.48. The molecule has 7 nitrogen and oxygen atoms in total. The zero-order chi connectivity index (χ0) is 19.4. The third-order valence-corrected chi connectivity index (χ3v) is 4.82. The van der Waals surface area contributed by atoms with Crippen molar-refractivity contribution in [3.8, 4) is 6.07 Å². The van der Waals surface area contributed by atoms with Crippen LogP contribution in [0, 0.1) is 14.9 Å². The molecule has 0 saturated carbocycles. The molecule has 1 aliphatic rings. The number of hydrogen-bond donors (Lipinski definition) is 2. The Morgan fingerprint density at radius 2 is 1.93 bits per heavy atom. The lowest BCUT2D eigenvalue weighted by atomic mass is 10.1. The largest absolute Gasteiger partial charge is 0.380 e. The Labute approximate surface area is 169 Å². The topological polar surface area (TPSA) is 103 Å². The second kappa shape index (κ2) is 8.47. The first-order chi connectivity index (χ1) is 13.0. The molecule has 3 rings (SSSR count). The molecule has 1 fully saturated rings. The van der Waals surface area contributed by atoms with Crippen LogP contribution in [-0.2, 0) is 14.3 Å². The van der Waals surface area contributed by atoms with Gasteiger partial charge < -0.3 is 20.1 Å². The Balaban J connectivity index is 1.70. The van der Waals surface area contributed by atoms with E-state index in [1.54, 1.807) is 24.3 Å². The summed E-state index contributed by atoms with van der Waals surface area (Å²) >= 11 is 2.17. The molecule has 0 bridgehead atoms. The van der Waals surface area contributed by atoms with Gasteiger partial charge in [0.1, 0.15) is 0 Å². The molecule has 0 unspecified atom stereocenters. The standard InChI is InChI=1S/C19H16IN3O4/c20-13-3-7-15(8-4-13)23-9-10-27-17(19(23)26)16(24)18(25)22-14-5-1-12(11-21)2-6-14/h1-8,16-17,24H,9-10H2,(H,22,25)/t16-,17-/m1/s1. The van der Waals surface area contributed by atoms with Crippen LogP contribution in [0.4, 0.5) is 11.4 Å². The molecule has 27 heavy (non-hydrogen) atoms. The van der Waals surface area contributed by atoms with Crippen molar-refractivity contribution < 1.29 is 19.4 Å². The van der Waals surface area contributed by atoms with Crippen molar-refractivity contribution in [2.45, 2.75) is 12.2 Å². The van der Waals surface area contributed by atoms with E-state index in [1.165, 1.54) is 4.90 Å². The first kappa shape index (κ1) is 19.3. The maximum atomic E-state index is 12.7. The number of ether oxygens (including phenoxy) is 1. The Morgan fingerprint density at radius 3 is 2.56 bits per heavy atom. The van der Waals surface area contributed by atoms with E-state index < -0.39 is 24.0 Å². The van der Waals surface area contributed by atoms with E-state index >= 15 is 0 Å². The molecule has 2 aromatic rings. The minimum absolute atomic E-state index is 0.212. The van der Waals surface area contributed by atoms with Gasteiger partial charge in [-0.15, -0.1) is 0 Å². The van der Waals surface area contributed by atoms with Crippen molar-refractivity contribution in [2.75, 3.05) is 23.4 Å². The van der Waals surface area contributed by atoms with E-state index in [9.17, 15) is 14.7 Å². The van der Waals surface area contributed by atoms with Gasteiger partial charge in [0.15, 0.2) is 12.2 Å². The molecule has 2 atom stereocenters. The minimum Gasteiger partial charge on any atom is -0.380 e. The number of amides is 2. The van der Waals surface area contributed by atoms with E-state index in [1.807, 2.05) is 30.3 Å². The van der Waals surface area contributed by atoms with Crippen molar-refractivity contribution in [1.82, 2.24) is 0 Å². The zero-order valence-corrected chi connectivity index (χ0v) is 16.3. The number of halogens is 1. The monoisotopic (exact) mass is 477 g/mol. The lowest BCUT2D eigenvalue weighted by Gasteiger charge is -2.34. The van der Waals surface area contributed by atoms with Crippen molar-refractivity contribution in [1.29, 1.82) is 5.26 Å². The van der Waals surface area contributed by atoms with Crippen LogP contribution in [0.15, 0.2) is 48.5 Å². The zero-order valence-electron chi connectivity index (χ0n) is 14.1. The number of rotatable bonds is 4. The maximum absolute atomic E-state index is 12.7. The summed E-state index contributed by atoms with van der Waals surface area (Å²) in [5.41, 5.74) is 1.55. The van der Waals surface area contributed by atoms with Crippen molar-refractivity contribution in [2.24, 2.45) is 0 Å². The second-order valence-corrected chi connectivity index (χ2v) is 7.13. The summed E-state index contributed by atoms with van der Waals surface area (Å²) in [6.07, 6.45) is -2.93. The van der Waals surface area contributed by atoms with Crippen LogP contribution < -0.4 is 10.2 Å². The fourth-order valence-electron chi connectivity index (χ4n) is 2.69. The van der Waals surface area contributed by atoms with E-state index in [0.29, 0.717) is 23.5 Å². The predicted octanol–water partition coefficient (Wildman–Crippen LogP) is 1.89. The lowest BCUT2D eigenvalue weighted by Crippen LogP contribution is -2.55. The number of anilines is 2. The molecule has 2 amide bonds. The maximum Gasteiger partial charge on any atom is 0.259 e. The Morgan fingerprint density at radius 1 is 1.26 bits per heavy atom. The molecule has 2 aromatic carbocycles. The number of aliphatic hydroxyl groups excluding tert-OH is 1. The highest BCUT2D eigenvalue weighted by atomic mass is 127. The number of morpholine rings is 1. The average molecular weight is 477 g/mol. The van der Waals surface area contributed by atoms with E-state index in [4.69, 9.17) is 10.00 Å². The van der Waals surface area contributed by atoms with Crippen LogP contribution in [0.3, 0.4) is 0 Å². The van der Waals surface area contributed by atoms with Crippen molar-refractivity contribution in [3.05, 3.63) is 57.7 Å². The number of benzene rings is 2. The van der Waals surface area contributed by atoms with Gasteiger partial charge in [-0.3, -0.25) is 9.59 Å². The van der Waals surface area contributed by atoms with Crippen LogP contribution in [-0.4, -0.2) is 42.3 Å². The molecule has 1 aliphatic heterocycles. The van der Waals surface area contributed by atoms with Crippen LogP contribution in [0.25, 0.3) is 0 Å². The summed E-state index contributed by atoms with van der Waals surface area (Å²) in [5, 5.41) is 21.7. The number of aliphatic hydroxyl groups is 1. The summed E-state index contributed by atoms with van der Waals surface area (Å²) in [7, 11) is 0. The van der Waals surface area contributed by atoms with Crippen LogP contribution in [0.1, 0.15) is 5.56 Å². The molecule has 0 aliphatic carbocycles. The average Bonchev–Trinajstić information content (AvgIpc) is 2.69. The Bertz CT molecular complexity index is 877.